The summed E-state index contributed by atoms with van der Waals surface area (Å²) < 4.78 is 3.49. The van der Waals surface area contributed by atoms with E-state index in [0.717, 1.165) is 81.7 Å². The Labute approximate surface area is 292 Å². The van der Waals surface area contributed by atoms with E-state index in [0.29, 0.717) is 23.4 Å². The minimum atomic E-state index is -0.855. The second-order valence-corrected chi connectivity index (χ2v) is 15.7. The van der Waals surface area contributed by atoms with Crippen molar-refractivity contribution >= 4 is 55.6 Å². The molecule has 3 fully saturated rings. The van der Waals surface area contributed by atoms with Crippen LogP contribution in [0.3, 0.4) is 0 Å². The van der Waals surface area contributed by atoms with Crippen LogP contribution in [-0.4, -0.2) is 67.6 Å². The fraction of sp³-hybridized carbons (Fsp3) is 0.425. The van der Waals surface area contributed by atoms with Crippen molar-refractivity contribution < 1.29 is 9.90 Å². The quantitative estimate of drug-likeness (QED) is 0.173. The van der Waals surface area contributed by atoms with E-state index in [-0.39, 0.29) is 0 Å². The number of carboxylic acids is 1. The highest BCUT2D eigenvalue weighted by atomic mass is 32.1. The molecule has 1 saturated carbocycles. The number of hydrogen-bond donors (Lipinski definition) is 1. The van der Waals surface area contributed by atoms with E-state index < -0.39 is 5.97 Å². The summed E-state index contributed by atoms with van der Waals surface area (Å²) in [5.41, 5.74) is 8.99. The second-order valence-electron chi connectivity index (χ2n) is 14.1. The summed E-state index contributed by atoms with van der Waals surface area (Å²) >= 11 is 7.68. The molecule has 0 radical (unpaired) electrons. The Bertz CT molecular complexity index is 1990. The number of carboxylic acid groups (broad SMARTS) is 1. The van der Waals surface area contributed by atoms with Gasteiger partial charge < -0.3 is 19.5 Å². The molecule has 5 aromatic rings. The van der Waals surface area contributed by atoms with Crippen LogP contribution in [0, 0.1) is 6.92 Å². The van der Waals surface area contributed by atoms with Gasteiger partial charge in [-0.2, -0.15) is 0 Å². The summed E-state index contributed by atoms with van der Waals surface area (Å²) in [6, 6.07) is 22.1. The van der Waals surface area contributed by atoms with E-state index in [2.05, 4.69) is 75.9 Å². The smallest absolute Gasteiger partial charge is 0.345 e. The van der Waals surface area contributed by atoms with Crippen molar-refractivity contribution in [3.63, 3.8) is 0 Å². The fourth-order valence-electron chi connectivity index (χ4n) is 8.56. The number of aromatic nitrogens is 2. The van der Waals surface area contributed by atoms with Gasteiger partial charge in [-0.1, -0.05) is 67.4 Å². The average molecular weight is 677 g/mol. The molecule has 6 nitrogen and oxygen atoms in total. The van der Waals surface area contributed by atoms with E-state index in [1.165, 1.54) is 73.4 Å². The van der Waals surface area contributed by atoms with Crippen molar-refractivity contribution in [3.05, 3.63) is 76.7 Å². The van der Waals surface area contributed by atoms with Crippen LogP contribution in [-0.2, 0) is 6.54 Å². The molecule has 1 aliphatic carbocycles. The number of thiocarbonyl (C=S) groups is 1. The number of likely N-dealkylation sites (tertiary alicyclic amines) is 2. The van der Waals surface area contributed by atoms with E-state index in [9.17, 15) is 9.90 Å². The van der Waals surface area contributed by atoms with Gasteiger partial charge in [-0.15, -0.1) is 11.3 Å². The highest BCUT2D eigenvalue weighted by molar-refractivity contribution is 7.80. The first-order chi connectivity index (χ1) is 23.4. The van der Waals surface area contributed by atoms with Gasteiger partial charge in [-0.3, -0.25) is 0 Å². The van der Waals surface area contributed by atoms with Gasteiger partial charge in [0.2, 0.25) is 0 Å². The first kappa shape index (κ1) is 31.7. The van der Waals surface area contributed by atoms with Crippen LogP contribution in [0.25, 0.3) is 43.6 Å². The minimum Gasteiger partial charge on any atom is -0.477 e. The second kappa shape index (κ2) is 13.4. The molecule has 2 saturated heterocycles. The van der Waals surface area contributed by atoms with Crippen LogP contribution in [0.2, 0.25) is 0 Å². The zero-order chi connectivity index (χ0) is 32.8. The predicted octanol–water partition coefficient (Wildman–Crippen LogP) is 9.53. The van der Waals surface area contributed by atoms with Gasteiger partial charge in [0.15, 0.2) is 0 Å². The van der Waals surface area contributed by atoms with Crippen molar-refractivity contribution in [1.29, 1.82) is 0 Å². The fourth-order valence-corrected chi connectivity index (χ4v) is 10.00. The zero-order valence-corrected chi connectivity index (χ0v) is 29.4. The van der Waals surface area contributed by atoms with Gasteiger partial charge in [0.25, 0.3) is 0 Å². The molecule has 8 rings (SSSR count). The summed E-state index contributed by atoms with van der Waals surface area (Å²) in [5.74, 6) is -0.452. The number of benzene rings is 2. The Morgan fingerprint density at radius 1 is 0.896 bits per heavy atom. The van der Waals surface area contributed by atoms with Crippen molar-refractivity contribution in [1.82, 2.24) is 19.4 Å². The molecule has 1 N–H and O–H groups in total. The zero-order valence-electron chi connectivity index (χ0n) is 27.8. The third kappa shape index (κ3) is 6.08. The maximum atomic E-state index is 12.3. The lowest BCUT2D eigenvalue weighted by molar-refractivity contribution is 0.0702. The van der Waals surface area contributed by atoms with Gasteiger partial charge in [-0.05, 0) is 106 Å². The number of aromatic carboxylic acids is 1. The van der Waals surface area contributed by atoms with Crippen LogP contribution in [0.1, 0.15) is 84.5 Å². The van der Waals surface area contributed by atoms with E-state index >= 15 is 0 Å². The molecule has 2 aliphatic heterocycles. The highest BCUT2D eigenvalue weighted by Gasteiger charge is 2.31. The minimum absolute atomic E-state index is 0.403. The highest BCUT2D eigenvalue weighted by Crippen LogP contribution is 2.47. The number of nitrogens with zero attached hydrogens (tertiary/aromatic N) is 4. The summed E-state index contributed by atoms with van der Waals surface area (Å²) in [5, 5.41) is 11.2. The summed E-state index contributed by atoms with van der Waals surface area (Å²) in [7, 11) is 0. The number of aryl methyl sites for hydroxylation is 1. The van der Waals surface area contributed by atoms with Gasteiger partial charge in [-0.25, -0.2) is 9.78 Å². The first-order valence-electron chi connectivity index (χ1n) is 17.8. The third-order valence-electron chi connectivity index (χ3n) is 11.0. The van der Waals surface area contributed by atoms with Crippen LogP contribution in [0.4, 0.5) is 0 Å². The number of piperidine rings is 1. The molecule has 48 heavy (non-hydrogen) atoms. The number of fused-ring (bicyclic) bond motifs is 2. The Morgan fingerprint density at radius 2 is 1.69 bits per heavy atom. The first-order valence-corrected chi connectivity index (χ1v) is 19.0. The molecule has 3 aromatic heterocycles. The molecule has 0 atom stereocenters. The largest absolute Gasteiger partial charge is 0.477 e. The molecule has 0 bridgehead atoms. The summed E-state index contributed by atoms with van der Waals surface area (Å²) in [4.78, 5) is 23.8. The van der Waals surface area contributed by atoms with E-state index in [4.69, 9.17) is 17.2 Å². The summed E-state index contributed by atoms with van der Waals surface area (Å²) in [6.45, 7) is 7.15. The molecular formula is C40H44N4O2S2. The lowest BCUT2D eigenvalue weighted by Crippen LogP contribution is -2.46. The molecule has 0 unspecified atom stereocenters. The van der Waals surface area contributed by atoms with Gasteiger partial charge >= 0.3 is 5.97 Å². The summed E-state index contributed by atoms with van der Waals surface area (Å²) in [6.07, 6.45) is 10.9. The normalized spacial score (nSPS) is 18.3. The van der Waals surface area contributed by atoms with Crippen LogP contribution < -0.4 is 0 Å². The van der Waals surface area contributed by atoms with Gasteiger partial charge in [0, 0.05) is 30.1 Å². The van der Waals surface area contributed by atoms with E-state index in [1.807, 2.05) is 6.07 Å². The predicted molar refractivity (Wildman–Crippen MR) is 202 cm³/mol. The molecule has 248 valence electrons. The molecule has 2 aromatic carbocycles. The van der Waals surface area contributed by atoms with Gasteiger partial charge in [0.1, 0.15) is 4.88 Å². The Morgan fingerprint density at radius 3 is 2.44 bits per heavy atom. The van der Waals surface area contributed by atoms with E-state index in [1.54, 1.807) is 0 Å². The SMILES string of the molecule is Cc1cccc(-c2ccc3cc(-c4c(C5CCCCC5)c5sc(C(=O)O)cc5n4CC(=S)N4CCC(N5CCCC5)CC4)ccc3n2)c1. The monoisotopic (exact) mass is 676 g/mol. The number of rotatable bonds is 7. The topological polar surface area (TPSA) is 61.6 Å². The molecule has 5 heterocycles. The Balaban J connectivity index is 1.20. The van der Waals surface area contributed by atoms with Crippen LogP contribution in [0.15, 0.2) is 60.7 Å². The van der Waals surface area contributed by atoms with Crippen LogP contribution >= 0.6 is 23.6 Å². The third-order valence-corrected chi connectivity index (χ3v) is 12.6. The molecule has 3 aliphatic rings. The lowest BCUT2D eigenvalue weighted by Gasteiger charge is -2.38. The van der Waals surface area contributed by atoms with Crippen molar-refractivity contribution in [3.8, 4) is 22.5 Å². The average Bonchev–Trinajstić information content (AvgIpc) is 3.86. The molecule has 8 heteroatoms. The van der Waals surface area contributed by atoms with Crippen molar-refractivity contribution in [2.75, 3.05) is 26.2 Å². The molecular weight excluding hydrogens is 633 g/mol. The lowest BCUT2D eigenvalue weighted by atomic mass is 9.83. The Hall–Kier alpha value is -3.59. The Kier molecular flexibility index (Phi) is 8.82. The van der Waals surface area contributed by atoms with Crippen molar-refractivity contribution in [2.45, 2.75) is 83.2 Å². The maximum Gasteiger partial charge on any atom is 0.345 e. The van der Waals surface area contributed by atoms with Gasteiger partial charge in [0.05, 0.1) is 38.7 Å². The number of hydrogen-bond acceptors (Lipinski definition) is 5. The molecule has 0 spiro atoms. The number of pyridine rings is 1. The maximum absolute atomic E-state index is 12.3. The van der Waals surface area contributed by atoms with Crippen LogP contribution in [0.5, 0.6) is 0 Å². The number of thiophene rings is 1. The number of carbonyl (C=O) groups is 1. The molecule has 0 amide bonds. The standard InChI is InChI=1S/C40H44N4O2S2/c1-26-8-7-11-28(22-26)32-14-12-29-23-30(13-15-33(29)41-32)38-37(27-9-3-2-4-10-27)39-34(24-35(48-39)40(45)46)44(38)25-36(47)43-20-16-31(17-21-43)42-18-5-6-19-42/h7-8,11-15,22-24,27,31H,2-6,9-10,16-21,25H2,1H3,(H,45,46). The van der Waals surface area contributed by atoms with Crippen molar-refractivity contribution in [2.24, 2.45) is 0 Å².